The minimum absolute atomic E-state index is 0.265. The van der Waals surface area contributed by atoms with Crippen molar-refractivity contribution >= 4 is 28.5 Å². The van der Waals surface area contributed by atoms with Crippen LogP contribution in [-0.4, -0.2) is 57.0 Å². The van der Waals surface area contributed by atoms with Crippen LogP contribution < -0.4 is 9.84 Å². The zero-order valence-corrected chi connectivity index (χ0v) is 12.3. The third-order valence-electron chi connectivity index (χ3n) is 3.65. The average molecular weight is 343 g/mol. The van der Waals surface area contributed by atoms with Gasteiger partial charge in [-0.3, -0.25) is 0 Å². The summed E-state index contributed by atoms with van der Waals surface area (Å²) in [6, 6.07) is 4.95. The number of carboxylic acids is 1. The molecule has 0 aliphatic carbocycles. The second-order valence-corrected chi connectivity index (χ2v) is 5.61. The number of aromatic nitrogens is 1. The number of aromatic amines is 1. The highest BCUT2D eigenvalue weighted by Crippen LogP contribution is 2.31. The number of ether oxygens (including phenoxy) is 2. The van der Waals surface area contributed by atoms with Crippen molar-refractivity contribution in [2.75, 3.05) is 0 Å². The van der Waals surface area contributed by atoms with Crippen LogP contribution in [0.15, 0.2) is 24.4 Å². The van der Waals surface area contributed by atoms with Gasteiger partial charge in [0.25, 0.3) is 0 Å². The molecule has 0 saturated carbocycles. The van der Waals surface area contributed by atoms with Crippen LogP contribution in [0.5, 0.6) is 5.75 Å². The second kappa shape index (κ2) is 5.99. The number of aliphatic carboxylic acids is 1. The Morgan fingerprint density at radius 2 is 2.00 bits per heavy atom. The van der Waals surface area contributed by atoms with E-state index < -0.39 is 36.7 Å². The first-order valence-corrected chi connectivity index (χ1v) is 7.10. The first-order chi connectivity index (χ1) is 10.9. The standard InChI is InChI=1S/C14H14ClNO7/c15-5-1-2-6-7(3-5)16-4-8(6)22-14-11(19)9(17)10(18)12(23-14)13(20)21/h1-4,9-12,14,16-19H,(H,20,21)/p-1/t9-,10-,11+,12-,14+/m0/s1. The van der Waals surface area contributed by atoms with E-state index in [0.29, 0.717) is 15.9 Å². The minimum atomic E-state index is -1.82. The van der Waals surface area contributed by atoms with E-state index in [1.54, 1.807) is 18.2 Å². The van der Waals surface area contributed by atoms with E-state index in [0.717, 1.165) is 0 Å². The molecule has 0 bridgehead atoms. The Bertz CT molecular complexity index is 733. The van der Waals surface area contributed by atoms with Crippen molar-refractivity contribution in [1.29, 1.82) is 0 Å². The first kappa shape index (κ1) is 16.0. The molecule has 0 unspecified atom stereocenters. The SMILES string of the molecule is O=C([O-])[C@H]1O[C@@H](Oc2c[nH]c3cc(Cl)ccc23)[C@H](O)[C@@H](O)[C@@H]1O. The topological polar surface area (TPSA) is 135 Å². The first-order valence-electron chi connectivity index (χ1n) is 6.72. The maximum Gasteiger partial charge on any atom is 0.229 e. The molecule has 3 rings (SSSR count). The summed E-state index contributed by atoms with van der Waals surface area (Å²) in [5, 5.41) is 41.3. The molecule has 8 nitrogen and oxygen atoms in total. The lowest BCUT2D eigenvalue weighted by atomic mass is 9.99. The zero-order valence-electron chi connectivity index (χ0n) is 11.5. The lowest BCUT2D eigenvalue weighted by molar-refractivity contribution is -0.342. The van der Waals surface area contributed by atoms with Crippen LogP contribution in [-0.2, 0) is 9.53 Å². The van der Waals surface area contributed by atoms with Gasteiger partial charge in [-0.2, -0.15) is 0 Å². The largest absolute Gasteiger partial charge is 0.547 e. The summed E-state index contributed by atoms with van der Waals surface area (Å²) >= 11 is 5.87. The van der Waals surface area contributed by atoms with Crippen LogP contribution in [0.25, 0.3) is 10.9 Å². The third kappa shape index (κ3) is 2.87. The van der Waals surface area contributed by atoms with Gasteiger partial charge in [0, 0.05) is 16.6 Å². The molecular formula is C14H13ClNO7-. The van der Waals surface area contributed by atoms with Gasteiger partial charge in [-0.1, -0.05) is 11.6 Å². The maximum absolute atomic E-state index is 10.9. The van der Waals surface area contributed by atoms with Crippen LogP contribution in [0.2, 0.25) is 5.02 Å². The predicted octanol–water partition coefficient (Wildman–Crippen LogP) is -1.24. The highest BCUT2D eigenvalue weighted by atomic mass is 35.5. The molecule has 23 heavy (non-hydrogen) atoms. The molecule has 124 valence electrons. The Morgan fingerprint density at radius 3 is 2.70 bits per heavy atom. The number of halogens is 1. The molecule has 2 aromatic rings. The molecule has 0 amide bonds. The monoisotopic (exact) mass is 342 g/mol. The molecular weight excluding hydrogens is 330 g/mol. The van der Waals surface area contributed by atoms with E-state index in [1.807, 2.05) is 0 Å². The molecule has 1 fully saturated rings. The van der Waals surface area contributed by atoms with E-state index in [4.69, 9.17) is 21.1 Å². The zero-order chi connectivity index (χ0) is 16.7. The van der Waals surface area contributed by atoms with Gasteiger partial charge in [0.1, 0.15) is 30.2 Å². The van der Waals surface area contributed by atoms with Crippen LogP contribution in [0.4, 0.5) is 0 Å². The Hall–Kier alpha value is -1.84. The number of aliphatic hydroxyl groups is 3. The van der Waals surface area contributed by atoms with Crippen molar-refractivity contribution in [3.05, 3.63) is 29.4 Å². The normalized spacial score (nSPS) is 31.2. The number of hydrogen-bond donors (Lipinski definition) is 4. The molecule has 0 radical (unpaired) electrons. The van der Waals surface area contributed by atoms with Crippen molar-refractivity contribution < 1.29 is 34.7 Å². The summed E-state index contributed by atoms with van der Waals surface area (Å²) in [4.78, 5) is 13.8. The number of fused-ring (bicyclic) bond motifs is 1. The molecule has 9 heteroatoms. The van der Waals surface area contributed by atoms with Crippen LogP contribution in [0.1, 0.15) is 0 Å². The fourth-order valence-corrected chi connectivity index (χ4v) is 2.61. The van der Waals surface area contributed by atoms with Gasteiger partial charge in [0.2, 0.25) is 6.29 Å². The van der Waals surface area contributed by atoms with Crippen molar-refractivity contribution in [2.24, 2.45) is 0 Å². The van der Waals surface area contributed by atoms with Crippen LogP contribution in [0.3, 0.4) is 0 Å². The third-order valence-corrected chi connectivity index (χ3v) is 3.89. The van der Waals surface area contributed by atoms with Crippen LogP contribution in [0, 0.1) is 0 Å². The number of carboxylic acid groups (broad SMARTS) is 1. The summed E-state index contributed by atoms with van der Waals surface area (Å²) in [5.74, 6) is -1.45. The molecule has 0 spiro atoms. The molecule has 1 aliphatic heterocycles. The number of carbonyl (C=O) groups excluding carboxylic acids is 1. The lowest BCUT2D eigenvalue weighted by Crippen LogP contribution is -2.63. The quantitative estimate of drug-likeness (QED) is 0.547. The molecule has 2 heterocycles. The molecule has 5 atom stereocenters. The number of aliphatic hydroxyl groups excluding tert-OH is 3. The second-order valence-electron chi connectivity index (χ2n) is 5.18. The number of H-pyrrole nitrogens is 1. The van der Waals surface area contributed by atoms with Gasteiger partial charge in [0.05, 0.1) is 11.5 Å². The number of rotatable bonds is 3. The summed E-state index contributed by atoms with van der Waals surface area (Å²) in [7, 11) is 0. The molecule has 1 aliphatic rings. The van der Waals surface area contributed by atoms with Crippen molar-refractivity contribution in [1.82, 2.24) is 4.98 Å². The van der Waals surface area contributed by atoms with Crippen molar-refractivity contribution in [2.45, 2.75) is 30.7 Å². The van der Waals surface area contributed by atoms with E-state index in [-0.39, 0.29) is 5.75 Å². The number of benzene rings is 1. The van der Waals surface area contributed by atoms with Gasteiger partial charge < -0.3 is 39.7 Å². The molecule has 1 saturated heterocycles. The smallest absolute Gasteiger partial charge is 0.229 e. The highest BCUT2D eigenvalue weighted by Gasteiger charge is 2.45. The lowest BCUT2D eigenvalue weighted by Gasteiger charge is -2.40. The highest BCUT2D eigenvalue weighted by molar-refractivity contribution is 6.31. The molecule has 1 aromatic heterocycles. The summed E-state index contributed by atoms with van der Waals surface area (Å²) < 4.78 is 10.5. The fraction of sp³-hybridized carbons (Fsp3) is 0.357. The average Bonchev–Trinajstić information content (AvgIpc) is 2.89. The Morgan fingerprint density at radius 1 is 1.26 bits per heavy atom. The van der Waals surface area contributed by atoms with Crippen molar-refractivity contribution in [3.63, 3.8) is 0 Å². The summed E-state index contributed by atoms with van der Waals surface area (Å²) in [5.41, 5.74) is 0.662. The summed E-state index contributed by atoms with van der Waals surface area (Å²) in [6.45, 7) is 0. The fourth-order valence-electron chi connectivity index (χ4n) is 2.43. The maximum atomic E-state index is 10.9. The van der Waals surface area contributed by atoms with E-state index in [9.17, 15) is 25.2 Å². The number of carbonyl (C=O) groups is 1. The number of nitrogens with one attached hydrogen (secondary N) is 1. The van der Waals surface area contributed by atoms with Crippen LogP contribution >= 0.6 is 11.6 Å². The van der Waals surface area contributed by atoms with Gasteiger partial charge >= 0.3 is 0 Å². The van der Waals surface area contributed by atoms with E-state index >= 15 is 0 Å². The Balaban J connectivity index is 1.86. The summed E-state index contributed by atoms with van der Waals surface area (Å²) in [6.07, 6.45) is -7.06. The molecule has 4 N–H and O–H groups in total. The van der Waals surface area contributed by atoms with E-state index in [1.165, 1.54) is 6.20 Å². The number of hydrogen-bond acceptors (Lipinski definition) is 7. The Kier molecular flexibility index (Phi) is 4.17. The van der Waals surface area contributed by atoms with Gasteiger partial charge in [-0.25, -0.2) is 0 Å². The Labute approximate surface area is 134 Å². The van der Waals surface area contributed by atoms with Crippen molar-refractivity contribution in [3.8, 4) is 5.75 Å². The minimum Gasteiger partial charge on any atom is -0.547 e. The van der Waals surface area contributed by atoms with Gasteiger partial charge in [0.15, 0.2) is 0 Å². The van der Waals surface area contributed by atoms with Gasteiger partial charge in [-0.15, -0.1) is 0 Å². The molecule has 1 aromatic carbocycles. The predicted molar refractivity (Wildman–Crippen MR) is 75.6 cm³/mol. The van der Waals surface area contributed by atoms with E-state index in [2.05, 4.69) is 4.98 Å². The van der Waals surface area contributed by atoms with Gasteiger partial charge in [-0.05, 0) is 18.2 Å².